The molecule has 0 unspecified atom stereocenters. The summed E-state index contributed by atoms with van der Waals surface area (Å²) in [6.45, 7) is 1.88. The largest absolute Gasteiger partial charge is 0.506 e. The number of aryl methyl sites for hydroxylation is 1. The number of hydrazine groups is 1. The third-order valence-electron chi connectivity index (χ3n) is 3.96. The predicted molar refractivity (Wildman–Crippen MR) is 100 cm³/mol. The Balaban J connectivity index is 1.89. The van der Waals surface area contributed by atoms with Gasteiger partial charge in [0, 0.05) is 11.8 Å². The van der Waals surface area contributed by atoms with Gasteiger partial charge in [-0.25, -0.2) is 5.84 Å². The molecular weight excluding hydrogens is 314 g/mol. The summed E-state index contributed by atoms with van der Waals surface area (Å²) in [5, 5.41) is 13.1. The maximum atomic E-state index is 12.6. The molecule has 126 valence electrons. The molecule has 0 spiro atoms. The number of Topliss-reactive ketones (excluding diaryl/α,β-unsaturated/α-hetero) is 1. The van der Waals surface area contributed by atoms with E-state index < -0.39 is 0 Å². The van der Waals surface area contributed by atoms with Crippen molar-refractivity contribution in [1.29, 1.82) is 0 Å². The first-order valence-corrected chi connectivity index (χ1v) is 7.80. The van der Waals surface area contributed by atoms with E-state index in [1.807, 2.05) is 37.3 Å². The van der Waals surface area contributed by atoms with Crippen LogP contribution in [0.25, 0.3) is 10.8 Å². The number of anilines is 1. The van der Waals surface area contributed by atoms with Gasteiger partial charge in [-0.1, -0.05) is 42.5 Å². The number of nitrogens with two attached hydrogens (primary N) is 2. The first-order valence-electron chi connectivity index (χ1n) is 7.80. The lowest BCUT2D eigenvalue weighted by Crippen LogP contribution is -2.27. The van der Waals surface area contributed by atoms with Crippen LogP contribution in [0.5, 0.6) is 5.75 Å². The topological polar surface area (TPSA) is 92.6 Å². The van der Waals surface area contributed by atoms with Crippen LogP contribution < -0.4 is 16.6 Å². The fourth-order valence-electron chi connectivity index (χ4n) is 2.62. The first-order chi connectivity index (χ1) is 12.0. The van der Waals surface area contributed by atoms with Crippen LogP contribution in [0.2, 0.25) is 0 Å². The number of hydrogen-bond donors (Lipinski definition) is 3. The van der Waals surface area contributed by atoms with Crippen LogP contribution in [0.3, 0.4) is 0 Å². The van der Waals surface area contributed by atoms with Gasteiger partial charge < -0.3 is 10.8 Å². The summed E-state index contributed by atoms with van der Waals surface area (Å²) in [6.07, 6.45) is 1.31. The van der Waals surface area contributed by atoms with Crippen molar-refractivity contribution in [3.05, 3.63) is 83.7 Å². The molecule has 0 aliphatic heterocycles. The molecule has 5 N–H and O–H groups in total. The van der Waals surface area contributed by atoms with E-state index >= 15 is 0 Å². The van der Waals surface area contributed by atoms with E-state index in [2.05, 4.69) is 0 Å². The van der Waals surface area contributed by atoms with E-state index in [1.54, 1.807) is 30.3 Å². The summed E-state index contributed by atoms with van der Waals surface area (Å²) in [6, 6.07) is 18.2. The van der Waals surface area contributed by atoms with Crippen LogP contribution in [0, 0.1) is 6.92 Å². The summed E-state index contributed by atoms with van der Waals surface area (Å²) in [4.78, 5) is 12.6. The Labute approximate surface area is 145 Å². The molecule has 0 radical (unpaired) electrons. The minimum atomic E-state index is -0.326. The van der Waals surface area contributed by atoms with Gasteiger partial charge in [0.1, 0.15) is 5.75 Å². The molecule has 5 heteroatoms. The van der Waals surface area contributed by atoms with Crippen molar-refractivity contribution in [3.8, 4) is 5.75 Å². The second-order valence-electron chi connectivity index (χ2n) is 5.87. The Kier molecular flexibility index (Phi) is 4.41. The van der Waals surface area contributed by atoms with Gasteiger partial charge in [-0.15, -0.1) is 0 Å². The van der Waals surface area contributed by atoms with Crippen LogP contribution in [-0.4, -0.2) is 10.9 Å². The zero-order valence-electron chi connectivity index (χ0n) is 13.8. The van der Waals surface area contributed by atoms with Gasteiger partial charge in [0.15, 0.2) is 0 Å². The van der Waals surface area contributed by atoms with E-state index in [0.717, 1.165) is 21.3 Å². The highest BCUT2D eigenvalue weighted by atomic mass is 16.3. The number of carbonyl (C=O) groups excluding carboxylic acids is 1. The number of aromatic hydroxyl groups is 1. The van der Waals surface area contributed by atoms with E-state index in [0.29, 0.717) is 11.3 Å². The van der Waals surface area contributed by atoms with Crippen LogP contribution >= 0.6 is 0 Å². The average Bonchev–Trinajstić information content (AvgIpc) is 2.62. The molecule has 0 aliphatic carbocycles. The van der Waals surface area contributed by atoms with Crippen molar-refractivity contribution < 1.29 is 9.90 Å². The average molecular weight is 333 g/mol. The number of phenols is 1. The van der Waals surface area contributed by atoms with Gasteiger partial charge in [-0.2, -0.15) is 0 Å². The molecule has 3 aromatic carbocycles. The lowest BCUT2D eigenvalue weighted by molar-refractivity contribution is 0.103. The van der Waals surface area contributed by atoms with Gasteiger partial charge in [-0.3, -0.25) is 9.80 Å². The number of allylic oxidation sites excluding steroid dienone is 1. The molecule has 0 aromatic heterocycles. The highest BCUT2D eigenvalue weighted by Gasteiger charge is 2.13. The molecule has 0 aliphatic rings. The Morgan fingerprint density at radius 3 is 2.52 bits per heavy atom. The number of hydrogen-bond acceptors (Lipinski definition) is 5. The SMILES string of the molecule is Cc1ccc(O)c(N(N)/C=C(\N)C(=O)c2ccc3ccccc3c2)c1. The maximum absolute atomic E-state index is 12.6. The highest BCUT2D eigenvalue weighted by Crippen LogP contribution is 2.27. The van der Waals surface area contributed by atoms with E-state index in [1.165, 1.54) is 6.20 Å². The number of ketones is 1. The summed E-state index contributed by atoms with van der Waals surface area (Å²) in [5.74, 6) is 5.62. The van der Waals surface area contributed by atoms with Gasteiger partial charge in [0.25, 0.3) is 0 Å². The molecule has 3 rings (SSSR count). The molecule has 0 bridgehead atoms. The van der Waals surface area contributed by atoms with Gasteiger partial charge in [0.05, 0.1) is 11.4 Å². The van der Waals surface area contributed by atoms with Crippen molar-refractivity contribution in [2.24, 2.45) is 11.6 Å². The lowest BCUT2D eigenvalue weighted by atomic mass is 10.0. The fraction of sp³-hybridized carbons (Fsp3) is 0.0500. The molecule has 0 atom stereocenters. The van der Waals surface area contributed by atoms with Gasteiger partial charge >= 0.3 is 0 Å². The summed E-state index contributed by atoms with van der Waals surface area (Å²) < 4.78 is 0. The van der Waals surface area contributed by atoms with Crippen LogP contribution in [-0.2, 0) is 0 Å². The number of carbonyl (C=O) groups is 1. The molecule has 3 aromatic rings. The summed E-state index contributed by atoms with van der Waals surface area (Å²) in [7, 11) is 0. The number of rotatable bonds is 4. The van der Waals surface area contributed by atoms with Crippen molar-refractivity contribution in [2.75, 3.05) is 5.01 Å². The Bertz CT molecular complexity index is 980. The second-order valence-corrected chi connectivity index (χ2v) is 5.87. The maximum Gasteiger partial charge on any atom is 0.210 e. The van der Waals surface area contributed by atoms with Crippen molar-refractivity contribution in [1.82, 2.24) is 0 Å². The molecule has 0 fully saturated rings. The van der Waals surface area contributed by atoms with E-state index in [-0.39, 0.29) is 17.2 Å². The molecule has 5 nitrogen and oxygen atoms in total. The molecule has 0 saturated carbocycles. The molecule has 25 heavy (non-hydrogen) atoms. The van der Waals surface area contributed by atoms with Crippen molar-refractivity contribution in [3.63, 3.8) is 0 Å². The molecule has 0 heterocycles. The third kappa shape index (κ3) is 3.46. The second kappa shape index (κ2) is 6.67. The highest BCUT2D eigenvalue weighted by molar-refractivity contribution is 6.10. The van der Waals surface area contributed by atoms with Crippen LogP contribution in [0.15, 0.2) is 72.6 Å². The summed E-state index contributed by atoms with van der Waals surface area (Å²) >= 11 is 0. The Hall–Kier alpha value is -3.31. The standard InChI is InChI=1S/C20H19N3O2/c1-13-6-9-19(24)18(10-13)23(22)12-17(21)20(25)16-8-7-14-4-2-3-5-15(14)11-16/h2-12,24H,21-22H2,1H3/b17-12-. The fourth-order valence-corrected chi connectivity index (χ4v) is 2.62. The Morgan fingerprint density at radius 2 is 1.76 bits per heavy atom. The lowest BCUT2D eigenvalue weighted by Gasteiger charge is -2.17. The van der Waals surface area contributed by atoms with Crippen molar-refractivity contribution in [2.45, 2.75) is 6.92 Å². The normalized spacial score (nSPS) is 11.5. The minimum Gasteiger partial charge on any atom is -0.506 e. The van der Waals surface area contributed by atoms with Crippen LogP contribution in [0.1, 0.15) is 15.9 Å². The molecular formula is C20H19N3O2. The van der Waals surface area contributed by atoms with E-state index in [4.69, 9.17) is 11.6 Å². The quantitative estimate of drug-likeness (QED) is 0.295. The monoisotopic (exact) mass is 333 g/mol. The third-order valence-corrected chi connectivity index (χ3v) is 3.96. The number of fused-ring (bicyclic) bond motifs is 1. The predicted octanol–water partition coefficient (Wildman–Crippen LogP) is 3.22. The summed E-state index contributed by atoms with van der Waals surface area (Å²) in [5.41, 5.74) is 7.69. The van der Waals surface area contributed by atoms with E-state index in [9.17, 15) is 9.90 Å². The smallest absolute Gasteiger partial charge is 0.210 e. The number of benzene rings is 3. The minimum absolute atomic E-state index is 0.00954. The van der Waals surface area contributed by atoms with Gasteiger partial charge in [0.2, 0.25) is 5.78 Å². The molecule has 0 amide bonds. The van der Waals surface area contributed by atoms with Crippen molar-refractivity contribution >= 4 is 22.2 Å². The zero-order valence-corrected chi connectivity index (χ0v) is 13.8. The first kappa shape index (κ1) is 16.5. The van der Waals surface area contributed by atoms with Crippen LogP contribution in [0.4, 0.5) is 5.69 Å². The van der Waals surface area contributed by atoms with Gasteiger partial charge in [-0.05, 0) is 41.5 Å². The Morgan fingerprint density at radius 1 is 1.04 bits per heavy atom. The number of phenolic OH excluding ortho intramolecular Hbond substituents is 1. The zero-order chi connectivity index (χ0) is 18.0. The number of nitrogens with zero attached hydrogens (tertiary/aromatic N) is 1. The molecule has 0 saturated heterocycles.